The third-order valence-electron chi connectivity index (χ3n) is 3.31. The number of hydrogen-bond acceptors (Lipinski definition) is 3. The average Bonchev–Trinajstić information content (AvgIpc) is 3.18. The van der Waals surface area contributed by atoms with E-state index in [4.69, 9.17) is 9.47 Å². The summed E-state index contributed by atoms with van der Waals surface area (Å²) in [5.74, 6) is 0.0744. The molecule has 0 aliphatic heterocycles. The predicted molar refractivity (Wildman–Crippen MR) is 83.9 cm³/mol. The minimum atomic E-state index is -0.643. The van der Waals surface area contributed by atoms with E-state index in [-0.39, 0.29) is 5.56 Å². The lowest BCUT2D eigenvalue weighted by Gasteiger charge is -2.20. The minimum absolute atomic E-state index is 0.00581. The molecule has 3 nitrogen and oxygen atoms in total. The molecule has 122 valence electrons. The quantitative estimate of drug-likeness (QED) is 0.740. The maximum absolute atomic E-state index is 14.3. The highest BCUT2D eigenvalue weighted by Gasteiger charge is 2.30. The summed E-state index contributed by atoms with van der Waals surface area (Å²) in [6.45, 7) is 9.93. The molecule has 0 unspecified atom stereocenters. The van der Waals surface area contributed by atoms with Crippen LogP contribution >= 0.6 is 0 Å². The van der Waals surface area contributed by atoms with Gasteiger partial charge in [-0.2, -0.15) is 0 Å². The summed E-state index contributed by atoms with van der Waals surface area (Å²) in [4.78, 5) is 12.2. The number of hydrogen-bond donors (Lipinski definition) is 0. The summed E-state index contributed by atoms with van der Waals surface area (Å²) in [5.41, 5.74) is 0.271. The van der Waals surface area contributed by atoms with Crippen molar-refractivity contribution in [2.24, 2.45) is 5.92 Å². The number of ether oxygens (including phenoxy) is 2. The van der Waals surface area contributed by atoms with Gasteiger partial charge in [-0.25, -0.2) is 9.18 Å². The monoisotopic (exact) mass is 308 g/mol. The fourth-order valence-corrected chi connectivity index (χ4v) is 2.16. The van der Waals surface area contributed by atoms with Crippen LogP contribution < -0.4 is 4.74 Å². The molecule has 1 fully saturated rings. The molecule has 1 saturated carbocycles. The molecule has 0 saturated heterocycles. The normalized spacial score (nSPS) is 15.0. The SMILES string of the molecule is CC(C)COc1cc(F)c(C(=O)OC(C)(C)C)cc1C1CC1. The van der Waals surface area contributed by atoms with Gasteiger partial charge in [0.15, 0.2) is 0 Å². The molecular weight excluding hydrogens is 283 g/mol. The highest BCUT2D eigenvalue weighted by molar-refractivity contribution is 5.90. The Labute approximate surface area is 131 Å². The van der Waals surface area contributed by atoms with E-state index < -0.39 is 17.4 Å². The zero-order valence-electron chi connectivity index (χ0n) is 14.0. The van der Waals surface area contributed by atoms with E-state index in [9.17, 15) is 9.18 Å². The van der Waals surface area contributed by atoms with Gasteiger partial charge in [-0.3, -0.25) is 0 Å². The van der Waals surface area contributed by atoms with Gasteiger partial charge in [-0.05, 0) is 57.1 Å². The molecule has 0 amide bonds. The molecule has 4 heteroatoms. The predicted octanol–water partition coefficient (Wildman–Crippen LogP) is 4.69. The number of benzene rings is 1. The van der Waals surface area contributed by atoms with Crippen LogP contribution in [0, 0.1) is 11.7 Å². The van der Waals surface area contributed by atoms with Gasteiger partial charge in [0.25, 0.3) is 0 Å². The Balaban J connectivity index is 2.29. The molecule has 1 aliphatic carbocycles. The first-order valence-electron chi connectivity index (χ1n) is 7.87. The highest BCUT2D eigenvalue weighted by Crippen LogP contribution is 2.45. The largest absolute Gasteiger partial charge is 0.493 e. The lowest BCUT2D eigenvalue weighted by atomic mass is 10.0. The summed E-state index contributed by atoms with van der Waals surface area (Å²) in [5, 5.41) is 0. The van der Waals surface area contributed by atoms with Gasteiger partial charge in [0.1, 0.15) is 17.2 Å². The van der Waals surface area contributed by atoms with Crippen molar-refractivity contribution in [2.75, 3.05) is 6.61 Å². The zero-order chi connectivity index (χ0) is 16.5. The van der Waals surface area contributed by atoms with Crippen LogP contribution in [0.4, 0.5) is 4.39 Å². The van der Waals surface area contributed by atoms with Crippen LogP contribution in [0.25, 0.3) is 0 Å². The van der Waals surface area contributed by atoms with E-state index in [2.05, 4.69) is 0 Å². The Morgan fingerprint density at radius 2 is 1.95 bits per heavy atom. The lowest BCUT2D eigenvalue weighted by molar-refractivity contribution is 0.00645. The van der Waals surface area contributed by atoms with Crippen molar-refractivity contribution in [3.8, 4) is 5.75 Å². The van der Waals surface area contributed by atoms with E-state index in [1.165, 1.54) is 6.07 Å². The van der Waals surface area contributed by atoms with E-state index >= 15 is 0 Å². The van der Waals surface area contributed by atoms with Gasteiger partial charge in [-0.15, -0.1) is 0 Å². The number of esters is 1. The van der Waals surface area contributed by atoms with Crippen molar-refractivity contribution in [1.29, 1.82) is 0 Å². The first-order valence-corrected chi connectivity index (χ1v) is 7.87. The summed E-state index contributed by atoms with van der Waals surface area (Å²) >= 11 is 0. The van der Waals surface area contributed by atoms with Crippen LogP contribution in [0.2, 0.25) is 0 Å². The van der Waals surface area contributed by atoms with Crippen molar-refractivity contribution < 1.29 is 18.7 Å². The number of carbonyl (C=O) groups excluding carboxylic acids is 1. The fraction of sp³-hybridized carbons (Fsp3) is 0.611. The van der Waals surface area contributed by atoms with Crippen LogP contribution in [0.15, 0.2) is 12.1 Å². The van der Waals surface area contributed by atoms with Gasteiger partial charge in [-0.1, -0.05) is 13.8 Å². The van der Waals surface area contributed by atoms with Crippen molar-refractivity contribution in [1.82, 2.24) is 0 Å². The Kier molecular flexibility index (Phi) is 4.78. The molecule has 0 bridgehead atoms. The fourth-order valence-electron chi connectivity index (χ4n) is 2.16. The first kappa shape index (κ1) is 16.8. The standard InChI is InChI=1S/C18H25FO3/c1-11(2)10-21-16-9-15(19)14(8-13(16)12-6-7-12)17(20)22-18(3,4)5/h8-9,11-12H,6-7,10H2,1-5H3. The van der Waals surface area contributed by atoms with E-state index in [1.54, 1.807) is 26.8 Å². The third kappa shape index (κ3) is 4.46. The molecule has 0 aromatic heterocycles. The molecule has 0 heterocycles. The van der Waals surface area contributed by atoms with Crippen LogP contribution in [0.1, 0.15) is 69.3 Å². The first-order chi connectivity index (χ1) is 10.2. The molecule has 0 N–H and O–H groups in total. The maximum atomic E-state index is 14.3. The Hall–Kier alpha value is -1.58. The molecule has 0 spiro atoms. The zero-order valence-corrected chi connectivity index (χ0v) is 14.0. The second kappa shape index (κ2) is 6.27. The molecule has 1 aromatic carbocycles. The Morgan fingerprint density at radius 3 is 2.45 bits per heavy atom. The number of halogens is 1. The minimum Gasteiger partial charge on any atom is -0.493 e. The van der Waals surface area contributed by atoms with Gasteiger partial charge >= 0.3 is 5.97 Å². The average molecular weight is 308 g/mol. The number of carbonyl (C=O) groups is 1. The summed E-state index contributed by atoms with van der Waals surface area (Å²) < 4.78 is 25.3. The summed E-state index contributed by atoms with van der Waals surface area (Å²) in [7, 11) is 0. The smallest absolute Gasteiger partial charge is 0.341 e. The molecular formula is C18H25FO3. The molecule has 0 radical (unpaired) electrons. The van der Waals surface area contributed by atoms with Crippen molar-refractivity contribution in [2.45, 2.75) is 59.0 Å². The van der Waals surface area contributed by atoms with Crippen molar-refractivity contribution >= 4 is 5.97 Å². The maximum Gasteiger partial charge on any atom is 0.341 e. The highest BCUT2D eigenvalue weighted by atomic mass is 19.1. The van der Waals surface area contributed by atoms with E-state index in [1.807, 2.05) is 13.8 Å². The second-order valence-electron chi connectivity index (χ2n) is 7.35. The van der Waals surface area contributed by atoms with Crippen LogP contribution in [-0.4, -0.2) is 18.2 Å². The molecule has 1 aliphatic rings. The van der Waals surface area contributed by atoms with Crippen molar-refractivity contribution in [3.63, 3.8) is 0 Å². The van der Waals surface area contributed by atoms with Gasteiger partial charge in [0, 0.05) is 6.07 Å². The Bertz CT molecular complexity index is 554. The topological polar surface area (TPSA) is 35.5 Å². The summed E-state index contributed by atoms with van der Waals surface area (Å²) in [6, 6.07) is 2.94. The molecule has 0 atom stereocenters. The second-order valence-corrected chi connectivity index (χ2v) is 7.35. The molecule has 1 aromatic rings. The molecule has 2 rings (SSSR count). The Morgan fingerprint density at radius 1 is 1.32 bits per heavy atom. The van der Waals surface area contributed by atoms with Crippen LogP contribution in [0.3, 0.4) is 0 Å². The summed E-state index contributed by atoms with van der Waals surface area (Å²) in [6.07, 6.45) is 2.11. The van der Waals surface area contributed by atoms with E-state index in [0.29, 0.717) is 24.2 Å². The van der Waals surface area contributed by atoms with Crippen molar-refractivity contribution in [3.05, 3.63) is 29.1 Å². The number of rotatable bonds is 5. The van der Waals surface area contributed by atoms with E-state index in [0.717, 1.165) is 18.4 Å². The van der Waals surface area contributed by atoms with Crippen LogP contribution in [-0.2, 0) is 4.74 Å². The third-order valence-corrected chi connectivity index (χ3v) is 3.31. The molecule has 22 heavy (non-hydrogen) atoms. The van der Waals surface area contributed by atoms with Gasteiger partial charge in [0.05, 0.1) is 12.2 Å². The van der Waals surface area contributed by atoms with Gasteiger partial charge in [0.2, 0.25) is 0 Å². The van der Waals surface area contributed by atoms with Crippen LogP contribution in [0.5, 0.6) is 5.75 Å². The lowest BCUT2D eigenvalue weighted by Crippen LogP contribution is -2.24. The van der Waals surface area contributed by atoms with Gasteiger partial charge < -0.3 is 9.47 Å².